The lowest BCUT2D eigenvalue weighted by Gasteiger charge is -1.71. The van der Waals surface area contributed by atoms with Crippen LogP contribution in [0.3, 0.4) is 0 Å². The topological polar surface area (TPSA) is 12.5 Å². The van der Waals surface area contributed by atoms with E-state index in [1.165, 1.54) is 6.42 Å². The second kappa shape index (κ2) is 0.752. The van der Waals surface area contributed by atoms with Gasteiger partial charge in [-0.3, -0.25) is 0 Å². The average molecular weight is 98.1 g/mol. The first kappa shape index (κ1) is 3.90. The molecule has 2 rings (SSSR count). The first-order chi connectivity index (χ1) is 3.26. The third-order valence-corrected chi connectivity index (χ3v) is 2.33. The fourth-order valence-corrected chi connectivity index (χ4v) is 1.45. The van der Waals surface area contributed by atoms with Crippen LogP contribution >= 0.6 is 0 Å². The van der Waals surface area contributed by atoms with E-state index in [9.17, 15) is 0 Å². The van der Waals surface area contributed by atoms with Crippen molar-refractivity contribution in [2.75, 3.05) is 0 Å². The van der Waals surface area contributed by atoms with Gasteiger partial charge in [0.1, 0.15) is 0 Å². The summed E-state index contributed by atoms with van der Waals surface area (Å²) in [6, 6.07) is 0. The van der Waals surface area contributed by atoms with Crippen molar-refractivity contribution >= 4 is 0 Å². The van der Waals surface area contributed by atoms with Crippen molar-refractivity contribution in [3.63, 3.8) is 0 Å². The van der Waals surface area contributed by atoms with Gasteiger partial charge in [-0.25, -0.2) is 0 Å². The Morgan fingerprint density at radius 1 is 1.57 bits per heavy atom. The highest BCUT2D eigenvalue weighted by atomic mass is 16.6. The maximum atomic E-state index is 5.33. The molecule has 1 spiro atoms. The molecule has 3 atom stereocenters. The summed E-state index contributed by atoms with van der Waals surface area (Å²) in [5.74, 6) is 0.863. The fourth-order valence-electron chi connectivity index (χ4n) is 1.45. The predicted octanol–water partition coefficient (Wildman–Crippen LogP) is 1.18. The highest BCUT2D eigenvalue weighted by Gasteiger charge is 2.69. The number of ether oxygens (including phenoxy) is 1. The Kier molecular flexibility index (Phi) is 0.419. The molecule has 0 aromatic rings. The lowest BCUT2D eigenvalue weighted by molar-refractivity contribution is 0.361. The van der Waals surface area contributed by atoms with Gasteiger partial charge in [-0.05, 0) is 19.3 Å². The van der Waals surface area contributed by atoms with Crippen molar-refractivity contribution in [1.82, 2.24) is 0 Å². The molecule has 1 saturated heterocycles. The molecule has 1 heterocycles. The zero-order valence-corrected chi connectivity index (χ0v) is 4.77. The van der Waals surface area contributed by atoms with Crippen LogP contribution in [0.25, 0.3) is 0 Å². The van der Waals surface area contributed by atoms with E-state index in [1.807, 2.05) is 0 Å². The monoisotopic (exact) mass is 98.1 g/mol. The quantitative estimate of drug-likeness (QED) is 0.414. The number of hydrogen-bond donors (Lipinski definition) is 0. The van der Waals surface area contributed by atoms with Gasteiger partial charge < -0.3 is 4.74 Å². The van der Waals surface area contributed by atoms with E-state index >= 15 is 0 Å². The van der Waals surface area contributed by atoms with Gasteiger partial charge in [-0.15, -0.1) is 0 Å². The molecule has 2 aliphatic rings. The minimum Gasteiger partial charge on any atom is -0.366 e. The molecule has 0 aromatic carbocycles. The van der Waals surface area contributed by atoms with Crippen LogP contribution in [0, 0.1) is 5.92 Å². The zero-order valence-electron chi connectivity index (χ0n) is 4.77. The maximum absolute atomic E-state index is 5.33. The first-order valence-electron chi connectivity index (χ1n) is 2.93. The van der Waals surface area contributed by atoms with Gasteiger partial charge in [0.15, 0.2) is 0 Å². The summed E-state index contributed by atoms with van der Waals surface area (Å²) in [6.07, 6.45) is 1.90. The van der Waals surface area contributed by atoms with Crippen molar-refractivity contribution in [3.05, 3.63) is 0 Å². The predicted molar refractivity (Wildman–Crippen MR) is 27.1 cm³/mol. The van der Waals surface area contributed by atoms with Gasteiger partial charge in [0.05, 0.1) is 11.7 Å². The van der Waals surface area contributed by atoms with Gasteiger partial charge in [0, 0.05) is 0 Å². The molecule has 1 aliphatic carbocycles. The molecule has 0 bridgehead atoms. The maximum Gasteiger partial charge on any atom is 0.0975 e. The van der Waals surface area contributed by atoms with E-state index in [0.29, 0.717) is 11.7 Å². The van der Waals surface area contributed by atoms with Gasteiger partial charge in [0.2, 0.25) is 0 Å². The van der Waals surface area contributed by atoms with Gasteiger partial charge >= 0.3 is 0 Å². The highest BCUT2D eigenvalue weighted by Crippen LogP contribution is 2.61. The Hall–Kier alpha value is -0.0400. The minimum absolute atomic E-state index is 0.417. The van der Waals surface area contributed by atoms with Crippen LogP contribution in [0.1, 0.15) is 20.3 Å². The van der Waals surface area contributed by atoms with E-state index in [0.717, 1.165) is 5.92 Å². The molecular formula is C6H10O. The van der Waals surface area contributed by atoms with Crippen LogP contribution in [0.5, 0.6) is 0 Å². The number of hydrogen-bond acceptors (Lipinski definition) is 1. The molecule has 3 unspecified atom stereocenters. The van der Waals surface area contributed by atoms with Crippen molar-refractivity contribution in [1.29, 1.82) is 0 Å². The van der Waals surface area contributed by atoms with E-state index < -0.39 is 0 Å². The van der Waals surface area contributed by atoms with Crippen LogP contribution in [0.2, 0.25) is 0 Å². The lowest BCUT2D eigenvalue weighted by Crippen LogP contribution is -1.87. The molecule has 0 aromatic heterocycles. The Labute approximate surface area is 43.7 Å². The summed E-state index contributed by atoms with van der Waals surface area (Å²) in [5, 5.41) is 0. The standard InChI is InChI=1S/C6H10O/c1-4-3-6(4)5(2)7-6/h4-5H,3H2,1-2H3. The third-order valence-electron chi connectivity index (χ3n) is 2.33. The summed E-state index contributed by atoms with van der Waals surface area (Å²) in [6.45, 7) is 4.41. The van der Waals surface area contributed by atoms with Crippen LogP contribution in [0.4, 0.5) is 0 Å². The van der Waals surface area contributed by atoms with Crippen molar-refractivity contribution in [2.24, 2.45) is 5.92 Å². The molecule has 0 amide bonds. The Morgan fingerprint density at radius 3 is 2.00 bits per heavy atom. The molecule has 0 radical (unpaired) electrons. The van der Waals surface area contributed by atoms with Gasteiger partial charge in [-0.2, -0.15) is 0 Å². The van der Waals surface area contributed by atoms with E-state index in [1.54, 1.807) is 0 Å². The fraction of sp³-hybridized carbons (Fsp3) is 1.00. The van der Waals surface area contributed by atoms with Crippen LogP contribution < -0.4 is 0 Å². The van der Waals surface area contributed by atoms with Gasteiger partial charge in [0.25, 0.3) is 0 Å². The second-order valence-corrected chi connectivity index (χ2v) is 2.82. The van der Waals surface area contributed by atoms with Crippen molar-refractivity contribution < 1.29 is 4.74 Å². The summed E-state index contributed by atoms with van der Waals surface area (Å²) >= 11 is 0. The van der Waals surface area contributed by atoms with Crippen molar-refractivity contribution in [2.45, 2.75) is 32.0 Å². The zero-order chi connectivity index (χ0) is 5.07. The van der Waals surface area contributed by atoms with Crippen LogP contribution in [-0.4, -0.2) is 11.7 Å². The largest absolute Gasteiger partial charge is 0.366 e. The molecule has 0 N–H and O–H groups in total. The summed E-state index contributed by atoms with van der Waals surface area (Å²) in [7, 11) is 0. The number of epoxide rings is 1. The van der Waals surface area contributed by atoms with Crippen LogP contribution in [-0.2, 0) is 4.74 Å². The molecule has 2 fully saturated rings. The molecule has 1 heteroatoms. The minimum atomic E-state index is 0.417. The Bertz CT molecular complexity index is 94.7. The lowest BCUT2D eigenvalue weighted by atomic mass is 10.3. The van der Waals surface area contributed by atoms with Crippen LogP contribution in [0.15, 0.2) is 0 Å². The summed E-state index contributed by atoms with van der Waals surface area (Å²) in [4.78, 5) is 0. The molecule has 1 nitrogen and oxygen atoms in total. The SMILES string of the molecule is CC1CC12OC2C. The van der Waals surface area contributed by atoms with Crippen molar-refractivity contribution in [3.8, 4) is 0 Å². The summed E-state index contributed by atoms with van der Waals surface area (Å²) < 4.78 is 5.33. The molecule has 1 saturated carbocycles. The Morgan fingerprint density at radius 2 is 2.00 bits per heavy atom. The molecule has 7 heavy (non-hydrogen) atoms. The molecule has 1 aliphatic heterocycles. The Balaban J connectivity index is 2.11. The second-order valence-electron chi connectivity index (χ2n) is 2.82. The molecular weight excluding hydrogens is 88.1 g/mol. The number of rotatable bonds is 0. The average Bonchev–Trinajstić information content (AvgIpc) is 2.28. The van der Waals surface area contributed by atoms with Gasteiger partial charge in [-0.1, -0.05) is 6.92 Å². The van der Waals surface area contributed by atoms with E-state index in [2.05, 4.69) is 13.8 Å². The van der Waals surface area contributed by atoms with E-state index in [-0.39, 0.29) is 0 Å². The summed E-state index contributed by atoms with van der Waals surface area (Å²) in [5.41, 5.74) is 0.417. The third kappa shape index (κ3) is 0.290. The normalized spacial score (nSPS) is 66.0. The van der Waals surface area contributed by atoms with E-state index in [4.69, 9.17) is 4.74 Å². The highest BCUT2D eigenvalue weighted by molar-refractivity contribution is 5.17. The smallest absolute Gasteiger partial charge is 0.0975 e. The first-order valence-corrected chi connectivity index (χ1v) is 2.93. The molecule has 40 valence electrons.